The molecule has 1 aromatic rings. The van der Waals surface area contributed by atoms with Gasteiger partial charge in [-0.3, -0.25) is 19.3 Å². The van der Waals surface area contributed by atoms with Crippen molar-refractivity contribution in [3.05, 3.63) is 35.9 Å². The molecule has 3 N–H and O–H groups in total. The number of nitrogens with one attached hydrogen (secondary N) is 3. The van der Waals surface area contributed by atoms with Crippen LogP contribution in [0.25, 0.3) is 0 Å². The van der Waals surface area contributed by atoms with E-state index >= 15 is 0 Å². The van der Waals surface area contributed by atoms with Crippen molar-refractivity contribution in [2.45, 2.75) is 50.1 Å². The average Bonchev–Trinajstić information content (AvgIpc) is 3.26. The van der Waals surface area contributed by atoms with Crippen molar-refractivity contribution < 1.29 is 19.2 Å². The fourth-order valence-corrected chi connectivity index (χ4v) is 3.92. The molecule has 28 heavy (non-hydrogen) atoms. The summed E-state index contributed by atoms with van der Waals surface area (Å²) in [4.78, 5) is 50.4. The zero-order valence-corrected chi connectivity index (χ0v) is 16.0. The first kappa shape index (κ1) is 19.9. The Morgan fingerprint density at radius 3 is 2.50 bits per heavy atom. The van der Waals surface area contributed by atoms with E-state index in [4.69, 9.17) is 0 Å². The maximum atomic E-state index is 12.6. The van der Waals surface area contributed by atoms with E-state index in [2.05, 4.69) is 16.0 Å². The summed E-state index contributed by atoms with van der Waals surface area (Å²) in [5.74, 6) is -0.792. The molecule has 0 unspecified atom stereocenters. The van der Waals surface area contributed by atoms with Gasteiger partial charge in [0.05, 0.1) is 0 Å². The predicted molar refractivity (Wildman–Crippen MR) is 102 cm³/mol. The number of amides is 5. The molecule has 5 amide bonds. The molecule has 1 aromatic carbocycles. The maximum absolute atomic E-state index is 12.6. The average molecular weight is 386 g/mol. The van der Waals surface area contributed by atoms with Gasteiger partial charge in [0.2, 0.25) is 11.8 Å². The van der Waals surface area contributed by atoms with E-state index in [-0.39, 0.29) is 36.7 Å². The van der Waals surface area contributed by atoms with Crippen molar-refractivity contribution in [1.29, 1.82) is 0 Å². The largest absolute Gasteiger partial charge is 0.357 e. The van der Waals surface area contributed by atoms with Crippen LogP contribution < -0.4 is 16.0 Å². The van der Waals surface area contributed by atoms with E-state index < -0.39 is 11.6 Å². The summed E-state index contributed by atoms with van der Waals surface area (Å²) >= 11 is 0. The fourth-order valence-electron chi connectivity index (χ4n) is 3.92. The Kier molecular flexibility index (Phi) is 5.96. The third kappa shape index (κ3) is 4.00. The number of hydrogen-bond donors (Lipinski definition) is 3. The number of hydrogen-bond acceptors (Lipinski definition) is 4. The standard InChI is InChI=1S/C20H26N4O4/c1-21-17(26)16(14-8-3-2-4-9-14)22-15(25)10-7-13-24-18(27)20(23-19(24)28)11-5-6-12-20/h2-4,8-9,16H,5-7,10-13H2,1H3,(H,21,26)(H,22,25)(H,23,28)/t16-/m1/s1. The van der Waals surface area contributed by atoms with Gasteiger partial charge in [-0.2, -0.15) is 0 Å². The van der Waals surface area contributed by atoms with Gasteiger partial charge in [-0.05, 0) is 24.8 Å². The fraction of sp³-hybridized carbons (Fsp3) is 0.500. The highest BCUT2D eigenvalue weighted by Crippen LogP contribution is 2.35. The van der Waals surface area contributed by atoms with Crippen LogP contribution in [0.2, 0.25) is 0 Å². The van der Waals surface area contributed by atoms with Crippen LogP contribution in [0.3, 0.4) is 0 Å². The van der Waals surface area contributed by atoms with Gasteiger partial charge in [-0.1, -0.05) is 43.2 Å². The molecule has 2 fully saturated rings. The number of likely N-dealkylation sites (N-methyl/N-ethyl adjacent to an activating group) is 1. The van der Waals surface area contributed by atoms with Gasteiger partial charge >= 0.3 is 6.03 Å². The summed E-state index contributed by atoms with van der Waals surface area (Å²) in [6.07, 6.45) is 3.69. The van der Waals surface area contributed by atoms with Crippen molar-refractivity contribution >= 4 is 23.8 Å². The van der Waals surface area contributed by atoms with E-state index in [9.17, 15) is 19.2 Å². The molecule has 150 valence electrons. The Hall–Kier alpha value is -2.90. The monoisotopic (exact) mass is 386 g/mol. The van der Waals surface area contributed by atoms with Gasteiger partial charge in [0.25, 0.3) is 5.91 Å². The van der Waals surface area contributed by atoms with Gasteiger partial charge in [-0.25, -0.2) is 4.79 Å². The molecule has 2 aliphatic rings. The van der Waals surface area contributed by atoms with Crippen LogP contribution in [0.5, 0.6) is 0 Å². The smallest absolute Gasteiger partial charge is 0.325 e. The van der Waals surface area contributed by atoms with E-state index in [1.807, 2.05) is 6.07 Å². The third-order valence-electron chi connectivity index (χ3n) is 5.44. The SMILES string of the molecule is CNC(=O)[C@H](NC(=O)CCCN1C(=O)NC2(CCCC2)C1=O)c1ccccc1. The van der Waals surface area contributed by atoms with Crippen molar-refractivity contribution in [3.8, 4) is 0 Å². The van der Waals surface area contributed by atoms with E-state index in [1.165, 1.54) is 11.9 Å². The van der Waals surface area contributed by atoms with Crippen LogP contribution in [0.15, 0.2) is 30.3 Å². The topological polar surface area (TPSA) is 108 Å². The van der Waals surface area contributed by atoms with E-state index in [0.717, 1.165) is 12.8 Å². The second kappa shape index (κ2) is 8.41. The molecule has 1 aliphatic carbocycles. The van der Waals surface area contributed by atoms with E-state index in [0.29, 0.717) is 24.8 Å². The number of rotatable bonds is 7. The summed E-state index contributed by atoms with van der Waals surface area (Å²) < 4.78 is 0. The number of urea groups is 1. The molecule has 0 radical (unpaired) electrons. The second-order valence-corrected chi connectivity index (χ2v) is 7.31. The van der Waals surface area contributed by atoms with Crippen molar-refractivity contribution in [2.24, 2.45) is 0 Å². The maximum Gasteiger partial charge on any atom is 0.325 e. The highest BCUT2D eigenvalue weighted by Gasteiger charge is 2.52. The highest BCUT2D eigenvalue weighted by molar-refractivity contribution is 6.07. The Bertz CT molecular complexity index is 759. The molecular formula is C20H26N4O4. The van der Waals surface area contributed by atoms with Gasteiger partial charge in [0.1, 0.15) is 11.6 Å². The summed E-state index contributed by atoms with van der Waals surface area (Å²) in [5, 5.41) is 8.10. The van der Waals surface area contributed by atoms with Crippen molar-refractivity contribution in [3.63, 3.8) is 0 Å². The number of imide groups is 1. The molecular weight excluding hydrogens is 360 g/mol. The summed E-state index contributed by atoms with van der Waals surface area (Å²) in [6, 6.07) is 7.82. The van der Waals surface area contributed by atoms with Crippen LogP contribution in [-0.4, -0.2) is 47.8 Å². The first-order valence-corrected chi connectivity index (χ1v) is 9.67. The normalized spacial score (nSPS) is 18.8. The Labute approximate surface area is 164 Å². The Morgan fingerprint density at radius 2 is 1.86 bits per heavy atom. The Morgan fingerprint density at radius 1 is 1.18 bits per heavy atom. The zero-order chi connectivity index (χ0) is 20.1. The summed E-state index contributed by atoms with van der Waals surface area (Å²) in [7, 11) is 1.51. The second-order valence-electron chi connectivity index (χ2n) is 7.31. The minimum Gasteiger partial charge on any atom is -0.357 e. The summed E-state index contributed by atoms with van der Waals surface area (Å²) in [5.41, 5.74) is -0.0378. The lowest BCUT2D eigenvalue weighted by Gasteiger charge is -2.20. The molecule has 0 aromatic heterocycles. The highest BCUT2D eigenvalue weighted by atomic mass is 16.2. The molecule has 8 nitrogen and oxygen atoms in total. The van der Waals surface area contributed by atoms with Crippen LogP contribution in [0.4, 0.5) is 4.79 Å². The van der Waals surface area contributed by atoms with Crippen LogP contribution >= 0.6 is 0 Å². The van der Waals surface area contributed by atoms with Crippen molar-refractivity contribution in [1.82, 2.24) is 20.9 Å². The first-order chi connectivity index (χ1) is 13.5. The molecule has 0 bridgehead atoms. The quantitative estimate of drug-likeness (QED) is 0.613. The molecule has 1 spiro atoms. The number of carbonyl (C=O) groups is 4. The van der Waals surface area contributed by atoms with Crippen molar-refractivity contribution in [2.75, 3.05) is 13.6 Å². The van der Waals surface area contributed by atoms with Gasteiger partial charge in [-0.15, -0.1) is 0 Å². The number of carbonyl (C=O) groups excluding carboxylic acids is 4. The van der Waals surface area contributed by atoms with Crippen LogP contribution in [0, 0.1) is 0 Å². The van der Waals surface area contributed by atoms with Crippen LogP contribution in [-0.2, 0) is 14.4 Å². The molecule has 1 heterocycles. The molecule has 1 aliphatic heterocycles. The molecule has 1 saturated heterocycles. The minimum atomic E-state index is -0.780. The first-order valence-electron chi connectivity index (χ1n) is 9.67. The van der Waals surface area contributed by atoms with Gasteiger partial charge in [0.15, 0.2) is 0 Å². The molecule has 1 saturated carbocycles. The molecule has 1 atom stereocenters. The molecule has 3 rings (SSSR count). The van der Waals surface area contributed by atoms with Gasteiger partial charge < -0.3 is 16.0 Å². The number of nitrogens with zero attached hydrogens (tertiary/aromatic N) is 1. The molecule has 8 heteroatoms. The lowest BCUT2D eigenvalue weighted by molar-refractivity contribution is -0.131. The third-order valence-corrected chi connectivity index (χ3v) is 5.44. The predicted octanol–water partition coefficient (Wildman–Crippen LogP) is 1.23. The summed E-state index contributed by atoms with van der Waals surface area (Å²) in [6.45, 7) is 0.190. The minimum absolute atomic E-state index is 0.115. The van der Waals surface area contributed by atoms with Crippen LogP contribution in [0.1, 0.15) is 50.1 Å². The Balaban J connectivity index is 1.53. The lowest BCUT2D eigenvalue weighted by atomic mass is 9.98. The number of benzene rings is 1. The van der Waals surface area contributed by atoms with E-state index in [1.54, 1.807) is 24.3 Å². The zero-order valence-electron chi connectivity index (χ0n) is 16.0. The van der Waals surface area contributed by atoms with Gasteiger partial charge in [0, 0.05) is 20.0 Å². The lowest BCUT2D eigenvalue weighted by Crippen LogP contribution is -2.44.